The molecular weight excluding hydrogens is 333 g/mol. The zero-order valence-corrected chi connectivity index (χ0v) is 13.7. The number of ketones is 1. The molecule has 0 saturated heterocycles. The van der Waals surface area contributed by atoms with E-state index in [9.17, 15) is 9.90 Å². The van der Waals surface area contributed by atoms with Gasteiger partial charge in [0.1, 0.15) is 5.75 Å². The Kier molecular flexibility index (Phi) is 4.60. The molecule has 0 spiro atoms. The molecule has 1 aliphatic rings. The van der Waals surface area contributed by atoms with Gasteiger partial charge in [0.25, 0.3) is 0 Å². The molecule has 2 aromatic rings. The second kappa shape index (κ2) is 6.65. The van der Waals surface area contributed by atoms with Gasteiger partial charge < -0.3 is 10.4 Å². The Hall–Kier alpha value is -1.97. The molecule has 118 valence electrons. The number of allylic oxidation sites excluding steroid dienone is 2. The summed E-state index contributed by atoms with van der Waals surface area (Å²) in [5.41, 5.74) is 2.33. The van der Waals surface area contributed by atoms with Crippen LogP contribution in [0, 0.1) is 0 Å². The molecule has 0 amide bonds. The van der Waals surface area contributed by atoms with E-state index in [2.05, 4.69) is 5.32 Å². The minimum atomic E-state index is 0.0558. The standard InChI is InChI=1S/C18H15Cl2NO2/c19-13-3-1-11(2-4-13)12-7-15(10-16(22)8-12)21-17-9-14(20)5-6-18(17)23/h1-6,9-10,12,21,23H,7-8H2. The number of phenolic OH excluding ortho intramolecular Hbond substituents is 1. The lowest BCUT2D eigenvalue weighted by molar-refractivity contribution is -0.115. The number of carbonyl (C=O) groups is 1. The van der Waals surface area contributed by atoms with Crippen molar-refractivity contribution < 1.29 is 9.90 Å². The predicted molar refractivity (Wildman–Crippen MR) is 93.3 cm³/mol. The van der Waals surface area contributed by atoms with Crippen LogP contribution in [0.2, 0.25) is 10.0 Å². The average Bonchev–Trinajstić information content (AvgIpc) is 2.51. The monoisotopic (exact) mass is 347 g/mol. The Balaban J connectivity index is 1.81. The van der Waals surface area contributed by atoms with E-state index in [1.807, 2.05) is 24.3 Å². The molecular formula is C18H15Cl2NO2. The highest BCUT2D eigenvalue weighted by molar-refractivity contribution is 6.31. The Labute approximate surface area is 144 Å². The van der Waals surface area contributed by atoms with Gasteiger partial charge in [-0.1, -0.05) is 35.3 Å². The summed E-state index contributed by atoms with van der Waals surface area (Å²) in [6, 6.07) is 12.3. The maximum atomic E-state index is 12.0. The fourth-order valence-corrected chi connectivity index (χ4v) is 3.03. The van der Waals surface area contributed by atoms with Crippen LogP contribution in [0.5, 0.6) is 5.75 Å². The van der Waals surface area contributed by atoms with Crippen molar-refractivity contribution in [3.05, 3.63) is 69.8 Å². The lowest BCUT2D eigenvalue weighted by Crippen LogP contribution is -2.16. The second-order valence-corrected chi connectivity index (χ2v) is 6.45. The van der Waals surface area contributed by atoms with E-state index >= 15 is 0 Å². The zero-order valence-electron chi connectivity index (χ0n) is 12.2. The Morgan fingerprint density at radius 2 is 1.70 bits per heavy atom. The van der Waals surface area contributed by atoms with E-state index in [-0.39, 0.29) is 17.5 Å². The minimum Gasteiger partial charge on any atom is -0.506 e. The molecule has 0 radical (unpaired) electrons. The van der Waals surface area contributed by atoms with Gasteiger partial charge >= 0.3 is 0 Å². The summed E-state index contributed by atoms with van der Waals surface area (Å²) in [5.74, 6) is 0.241. The minimum absolute atomic E-state index is 0.0558. The number of hydrogen-bond donors (Lipinski definition) is 2. The number of rotatable bonds is 3. The van der Waals surface area contributed by atoms with Crippen LogP contribution in [0.3, 0.4) is 0 Å². The quantitative estimate of drug-likeness (QED) is 0.755. The van der Waals surface area contributed by atoms with Gasteiger partial charge in [0, 0.05) is 28.2 Å². The van der Waals surface area contributed by atoms with Crippen LogP contribution in [0.1, 0.15) is 24.3 Å². The van der Waals surface area contributed by atoms with Crippen LogP contribution in [0.25, 0.3) is 0 Å². The molecule has 0 saturated carbocycles. The molecule has 2 N–H and O–H groups in total. The van der Waals surface area contributed by atoms with Gasteiger partial charge in [0.15, 0.2) is 5.78 Å². The first kappa shape index (κ1) is 15.9. The van der Waals surface area contributed by atoms with Crippen LogP contribution in [0.4, 0.5) is 5.69 Å². The van der Waals surface area contributed by atoms with Crippen molar-refractivity contribution in [3.63, 3.8) is 0 Å². The van der Waals surface area contributed by atoms with Crippen molar-refractivity contribution in [1.29, 1.82) is 0 Å². The first-order chi connectivity index (χ1) is 11.0. The summed E-state index contributed by atoms with van der Waals surface area (Å²) in [5, 5.41) is 14.2. The van der Waals surface area contributed by atoms with Crippen molar-refractivity contribution >= 4 is 34.7 Å². The van der Waals surface area contributed by atoms with E-state index < -0.39 is 0 Å². The number of phenols is 1. The summed E-state index contributed by atoms with van der Waals surface area (Å²) < 4.78 is 0. The molecule has 23 heavy (non-hydrogen) atoms. The summed E-state index contributed by atoms with van der Waals surface area (Å²) in [7, 11) is 0. The highest BCUT2D eigenvalue weighted by Gasteiger charge is 2.22. The van der Waals surface area contributed by atoms with Crippen LogP contribution >= 0.6 is 23.2 Å². The van der Waals surface area contributed by atoms with Crippen LogP contribution < -0.4 is 5.32 Å². The van der Waals surface area contributed by atoms with Gasteiger partial charge in [-0.15, -0.1) is 0 Å². The number of anilines is 1. The van der Waals surface area contributed by atoms with Gasteiger partial charge in [-0.2, -0.15) is 0 Å². The van der Waals surface area contributed by atoms with E-state index in [4.69, 9.17) is 23.2 Å². The first-order valence-electron chi connectivity index (χ1n) is 7.25. The molecule has 0 aliphatic heterocycles. The Morgan fingerprint density at radius 3 is 2.43 bits per heavy atom. The number of hydrogen-bond acceptors (Lipinski definition) is 3. The molecule has 1 atom stereocenters. The molecule has 1 aliphatic carbocycles. The van der Waals surface area contributed by atoms with Crippen LogP contribution in [-0.2, 0) is 4.79 Å². The van der Waals surface area contributed by atoms with Crippen molar-refractivity contribution in [2.24, 2.45) is 0 Å². The van der Waals surface area contributed by atoms with Gasteiger partial charge in [-0.3, -0.25) is 4.79 Å². The van der Waals surface area contributed by atoms with Crippen LogP contribution in [-0.4, -0.2) is 10.9 Å². The SMILES string of the molecule is O=C1C=C(Nc2cc(Cl)ccc2O)CC(c2ccc(Cl)cc2)C1. The third-order valence-electron chi connectivity index (χ3n) is 3.84. The zero-order chi connectivity index (χ0) is 16.4. The van der Waals surface area contributed by atoms with Crippen molar-refractivity contribution in [1.82, 2.24) is 0 Å². The Bertz CT molecular complexity index is 769. The number of nitrogens with one attached hydrogen (secondary N) is 1. The van der Waals surface area contributed by atoms with Crippen molar-refractivity contribution in [2.45, 2.75) is 18.8 Å². The third-order valence-corrected chi connectivity index (χ3v) is 4.33. The van der Waals surface area contributed by atoms with E-state index in [0.29, 0.717) is 28.6 Å². The topological polar surface area (TPSA) is 49.3 Å². The average molecular weight is 348 g/mol. The highest BCUT2D eigenvalue weighted by Crippen LogP contribution is 2.34. The largest absolute Gasteiger partial charge is 0.506 e. The lowest BCUT2D eigenvalue weighted by Gasteiger charge is -2.23. The van der Waals surface area contributed by atoms with E-state index in [1.54, 1.807) is 18.2 Å². The first-order valence-corrected chi connectivity index (χ1v) is 8.01. The molecule has 2 aromatic carbocycles. The number of benzene rings is 2. The smallest absolute Gasteiger partial charge is 0.158 e. The third kappa shape index (κ3) is 3.87. The maximum Gasteiger partial charge on any atom is 0.158 e. The number of aromatic hydroxyl groups is 1. The van der Waals surface area contributed by atoms with Crippen molar-refractivity contribution in [2.75, 3.05) is 5.32 Å². The predicted octanol–water partition coefficient (Wildman–Crippen LogP) is 5.14. The summed E-state index contributed by atoms with van der Waals surface area (Å²) in [6.07, 6.45) is 2.74. The molecule has 0 bridgehead atoms. The van der Waals surface area contributed by atoms with Gasteiger partial charge in [0.05, 0.1) is 5.69 Å². The molecule has 1 unspecified atom stereocenters. The van der Waals surface area contributed by atoms with Gasteiger partial charge in [-0.05, 0) is 48.2 Å². The van der Waals surface area contributed by atoms with Gasteiger partial charge in [0.2, 0.25) is 0 Å². The molecule has 3 rings (SSSR count). The van der Waals surface area contributed by atoms with E-state index in [0.717, 1.165) is 11.3 Å². The van der Waals surface area contributed by atoms with Crippen molar-refractivity contribution in [3.8, 4) is 5.75 Å². The fourth-order valence-electron chi connectivity index (χ4n) is 2.73. The maximum absolute atomic E-state index is 12.0. The molecule has 0 fully saturated rings. The van der Waals surface area contributed by atoms with Crippen LogP contribution in [0.15, 0.2) is 54.2 Å². The second-order valence-electron chi connectivity index (χ2n) is 5.58. The lowest BCUT2D eigenvalue weighted by atomic mass is 9.85. The van der Waals surface area contributed by atoms with Gasteiger partial charge in [-0.25, -0.2) is 0 Å². The highest BCUT2D eigenvalue weighted by atomic mass is 35.5. The number of carbonyl (C=O) groups excluding carboxylic acids is 1. The molecule has 5 heteroatoms. The summed E-state index contributed by atoms with van der Waals surface area (Å²) in [6.45, 7) is 0. The normalized spacial score (nSPS) is 17.7. The molecule has 0 aromatic heterocycles. The summed E-state index contributed by atoms with van der Waals surface area (Å²) >= 11 is 11.9. The molecule has 3 nitrogen and oxygen atoms in total. The van der Waals surface area contributed by atoms with E-state index in [1.165, 1.54) is 6.07 Å². The summed E-state index contributed by atoms with van der Waals surface area (Å²) in [4.78, 5) is 12.0. The fraction of sp³-hybridized carbons (Fsp3) is 0.167. The molecule has 0 heterocycles. The number of halogens is 2. The Morgan fingerprint density at radius 1 is 1.00 bits per heavy atom.